The zero-order chi connectivity index (χ0) is 14.0. The molecule has 0 fully saturated rings. The van der Waals surface area contributed by atoms with Crippen LogP contribution in [-0.2, 0) is 13.0 Å². The number of aromatic nitrogens is 1. The molecule has 0 radical (unpaired) electrons. The number of aldehydes is 1. The molecular formula is C15H22N2O2. The minimum absolute atomic E-state index is 0.131. The van der Waals surface area contributed by atoms with Crippen LogP contribution in [0.3, 0.4) is 0 Å². The molecule has 2 rings (SSSR count). The summed E-state index contributed by atoms with van der Waals surface area (Å²) in [6.45, 7) is 9.07. The van der Waals surface area contributed by atoms with E-state index in [0.29, 0.717) is 6.29 Å². The van der Waals surface area contributed by atoms with Gasteiger partial charge in [0.15, 0.2) is 6.29 Å². The lowest BCUT2D eigenvalue weighted by molar-refractivity contribution is 0.112. The summed E-state index contributed by atoms with van der Waals surface area (Å²) >= 11 is 0. The zero-order valence-corrected chi connectivity index (χ0v) is 12.0. The molecule has 104 valence electrons. The fourth-order valence-corrected chi connectivity index (χ4v) is 2.75. The summed E-state index contributed by atoms with van der Waals surface area (Å²) in [7, 11) is 0. The Balaban J connectivity index is 2.59. The third kappa shape index (κ3) is 2.50. The van der Waals surface area contributed by atoms with Crippen molar-refractivity contribution in [2.24, 2.45) is 0 Å². The van der Waals surface area contributed by atoms with E-state index < -0.39 is 0 Å². The number of nitrogens with zero attached hydrogens (tertiary/aromatic N) is 2. The van der Waals surface area contributed by atoms with Crippen LogP contribution in [0, 0.1) is 0 Å². The highest BCUT2D eigenvalue weighted by Crippen LogP contribution is 2.22. The van der Waals surface area contributed by atoms with Gasteiger partial charge in [0, 0.05) is 31.2 Å². The Morgan fingerprint density at radius 1 is 1.42 bits per heavy atom. The van der Waals surface area contributed by atoms with E-state index in [9.17, 15) is 9.59 Å². The first kappa shape index (κ1) is 14.0. The van der Waals surface area contributed by atoms with Crippen molar-refractivity contribution in [1.82, 2.24) is 9.47 Å². The molecule has 0 bridgehead atoms. The summed E-state index contributed by atoms with van der Waals surface area (Å²) in [6.07, 6.45) is 2.47. The lowest BCUT2D eigenvalue weighted by atomic mass is 10.0. The Bertz CT molecular complexity index is 534. The molecule has 1 unspecified atom stereocenters. The molecule has 0 N–H and O–H groups in total. The van der Waals surface area contributed by atoms with E-state index in [2.05, 4.69) is 18.7 Å². The van der Waals surface area contributed by atoms with Crippen molar-refractivity contribution >= 4 is 6.29 Å². The molecule has 0 aromatic carbocycles. The number of carbonyl (C=O) groups is 1. The second-order valence-corrected chi connectivity index (χ2v) is 5.24. The van der Waals surface area contributed by atoms with Crippen LogP contribution < -0.4 is 5.56 Å². The van der Waals surface area contributed by atoms with Gasteiger partial charge in [-0.1, -0.05) is 13.8 Å². The largest absolute Gasteiger partial charge is 0.309 e. The Morgan fingerprint density at radius 3 is 2.74 bits per heavy atom. The summed E-state index contributed by atoms with van der Waals surface area (Å²) in [6, 6.07) is 1.93. The molecule has 0 saturated carbocycles. The predicted molar refractivity (Wildman–Crippen MR) is 75.7 cm³/mol. The van der Waals surface area contributed by atoms with Crippen LogP contribution in [0.1, 0.15) is 54.8 Å². The van der Waals surface area contributed by atoms with Gasteiger partial charge < -0.3 is 4.57 Å². The van der Waals surface area contributed by atoms with Crippen molar-refractivity contribution in [3.63, 3.8) is 0 Å². The highest BCUT2D eigenvalue weighted by molar-refractivity contribution is 5.74. The van der Waals surface area contributed by atoms with Crippen molar-refractivity contribution in [3.8, 4) is 0 Å². The van der Waals surface area contributed by atoms with Crippen LogP contribution in [0.2, 0.25) is 0 Å². The molecule has 1 atom stereocenters. The van der Waals surface area contributed by atoms with Crippen LogP contribution in [0.25, 0.3) is 0 Å². The van der Waals surface area contributed by atoms with Gasteiger partial charge in [0.2, 0.25) is 0 Å². The third-order valence-corrected chi connectivity index (χ3v) is 4.12. The van der Waals surface area contributed by atoms with Gasteiger partial charge in [-0.25, -0.2) is 0 Å². The van der Waals surface area contributed by atoms with E-state index in [0.717, 1.165) is 43.7 Å². The number of pyridine rings is 1. The average molecular weight is 262 g/mol. The van der Waals surface area contributed by atoms with Crippen LogP contribution in [0.5, 0.6) is 0 Å². The number of likely N-dealkylation sites (N-methyl/N-ethyl adjacent to an activating group) is 1. The smallest absolute Gasteiger partial charge is 0.261 e. The van der Waals surface area contributed by atoms with Crippen molar-refractivity contribution in [3.05, 3.63) is 33.2 Å². The average Bonchev–Trinajstić information content (AvgIpc) is 2.45. The Hall–Kier alpha value is -1.42. The molecule has 1 aliphatic heterocycles. The Labute approximate surface area is 114 Å². The van der Waals surface area contributed by atoms with E-state index in [-0.39, 0.29) is 17.2 Å². The van der Waals surface area contributed by atoms with E-state index in [4.69, 9.17) is 0 Å². The first-order valence-electron chi connectivity index (χ1n) is 7.07. The van der Waals surface area contributed by atoms with Gasteiger partial charge in [-0.3, -0.25) is 14.5 Å². The van der Waals surface area contributed by atoms with Gasteiger partial charge in [-0.05, 0) is 31.5 Å². The lowest BCUT2D eigenvalue weighted by Crippen LogP contribution is -2.37. The van der Waals surface area contributed by atoms with E-state index in [1.54, 1.807) is 6.07 Å². The van der Waals surface area contributed by atoms with Gasteiger partial charge in [-0.2, -0.15) is 0 Å². The van der Waals surface area contributed by atoms with E-state index in [1.807, 2.05) is 11.5 Å². The SMILES string of the molecule is CCC(C)n1c2c(cc(C=O)c1=O)CN(CC)CC2. The van der Waals surface area contributed by atoms with Crippen molar-refractivity contribution in [2.45, 2.75) is 46.2 Å². The maximum atomic E-state index is 12.3. The lowest BCUT2D eigenvalue weighted by Gasteiger charge is -2.31. The molecule has 1 aromatic heterocycles. The number of hydrogen-bond donors (Lipinski definition) is 0. The number of rotatable bonds is 4. The van der Waals surface area contributed by atoms with E-state index >= 15 is 0 Å². The fourth-order valence-electron chi connectivity index (χ4n) is 2.75. The minimum Gasteiger partial charge on any atom is -0.309 e. The summed E-state index contributed by atoms with van der Waals surface area (Å²) in [5.41, 5.74) is 2.41. The highest BCUT2D eigenvalue weighted by atomic mass is 16.1. The van der Waals surface area contributed by atoms with Crippen LogP contribution >= 0.6 is 0 Å². The summed E-state index contributed by atoms with van der Waals surface area (Å²) in [5, 5.41) is 0. The maximum Gasteiger partial charge on any atom is 0.261 e. The predicted octanol–water partition coefficient (Wildman–Crippen LogP) is 2.01. The standard InChI is InChI=1S/C15H22N2O2/c1-4-11(3)17-14-6-7-16(5-2)9-12(14)8-13(10-18)15(17)19/h8,10-11H,4-7,9H2,1-3H3. The number of carbonyl (C=O) groups excluding carboxylic acids is 1. The molecule has 0 aliphatic carbocycles. The fraction of sp³-hybridized carbons (Fsp3) is 0.600. The monoisotopic (exact) mass is 262 g/mol. The van der Waals surface area contributed by atoms with Crippen molar-refractivity contribution in [1.29, 1.82) is 0 Å². The Kier molecular flexibility index (Phi) is 4.20. The minimum atomic E-state index is -0.131. The molecule has 4 heteroatoms. The molecule has 2 heterocycles. The van der Waals surface area contributed by atoms with Crippen LogP contribution in [-0.4, -0.2) is 28.8 Å². The molecule has 0 spiro atoms. The molecule has 4 nitrogen and oxygen atoms in total. The topological polar surface area (TPSA) is 42.3 Å². The van der Waals surface area contributed by atoms with Crippen molar-refractivity contribution in [2.75, 3.05) is 13.1 Å². The zero-order valence-electron chi connectivity index (χ0n) is 12.0. The van der Waals surface area contributed by atoms with Gasteiger partial charge in [-0.15, -0.1) is 0 Å². The molecular weight excluding hydrogens is 240 g/mol. The molecule has 0 saturated heterocycles. The van der Waals surface area contributed by atoms with Crippen LogP contribution in [0.15, 0.2) is 10.9 Å². The van der Waals surface area contributed by atoms with Gasteiger partial charge in [0.1, 0.15) is 0 Å². The molecule has 0 amide bonds. The maximum absolute atomic E-state index is 12.3. The third-order valence-electron chi connectivity index (χ3n) is 4.12. The number of hydrogen-bond acceptors (Lipinski definition) is 3. The van der Waals surface area contributed by atoms with Crippen LogP contribution in [0.4, 0.5) is 0 Å². The normalized spacial score (nSPS) is 17.0. The number of fused-ring (bicyclic) bond motifs is 1. The summed E-state index contributed by atoms with van der Waals surface area (Å²) < 4.78 is 1.84. The molecule has 1 aliphatic rings. The van der Waals surface area contributed by atoms with Gasteiger partial charge in [0.05, 0.1) is 5.56 Å². The first-order valence-corrected chi connectivity index (χ1v) is 7.07. The summed E-state index contributed by atoms with van der Waals surface area (Å²) in [5.74, 6) is 0. The van der Waals surface area contributed by atoms with E-state index in [1.165, 1.54) is 0 Å². The first-order chi connectivity index (χ1) is 9.12. The van der Waals surface area contributed by atoms with Gasteiger partial charge in [0.25, 0.3) is 5.56 Å². The molecule has 19 heavy (non-hydrogen) atoms. The highest BCUT2D eigenvalue weighted by Gasteiger charge is 2.22. The Morgan fingerprint density at radius 2 is 2.16 bits per heavy atom. The second kappa shape index (κ2) is 5.70. The molecule has 1 aromatic rings. The quantitative estimate of drug-likeness (QED) is 0.780. The van der Waals surface area contributed by atoms with Gasteiger partial charge >= 0.3 is 0 Å². The second-order valence-electron chi connectivity index (χ2n) is 5.24. The summed E-state index contributed by atoms with van der Waals surface area (Å²) in [4.78, 5) is 25.8. The van der Waals surface area contributed by atoms with Crippen molar-refractivity contribution < 1.29 is 4.79 Å².